The van der Waals surface area contributed by atoms with Gasteiger partial charge in [0, 0.05) is 27.1 Å². The average molecular weight is 345 g/mol. The third-order valence-electron chi connectivity index (χ3n) is 3.66. The number of nitrogens with one attached hydrogen (secondary N) is 1. The van der Waals surface area contributed by atoms with Crippen molar-refractivity contribution in [1.82, 2.24) is 20.4 Å². The second-order valence-electron chi connectivity index (χ2n) is 5.73. The van der Waals surface area contributed by atoms with Crippen molar-refractivity contribution < 1.29 is 14.0 Å². The maximum atomic E-state index is 5.64. The van der Waals surface area contributed by atoms with Crippen molar-refractivity contribution in [2.24, 2.45) is 4.99 Å². The van der Waals surface area contributed by atoms with Crippen molar-refractivity contribution in [2.45, 2.75) is 26.9 Å². The van der Waals surface area contributed by atoms with Gasteiger partial charge in [0.05, 0.1) is 0 Å². The highest BCUT2D eigenvalue weighted by molar-refractivity contribution is 5.79. The van der Waals surface area contributed by atoms with E-state index in [1.54, 1.807) is 6.92 Å². The number of hydrogen-bond acceptors (Lipinski definition) is 6. The summed E-state index contributed by atoms with van der Waals surface area (Å²) < 4.78 is 16.2. The molecular weight excluding hydrogens is 322 g/mol. The van der Waals surface area contributed by atoms with Crippen molar-refractivity contribution in [3.8, 4) is 11.5 Å². The van der Waals surface area contributed by atoms with Crippen LogP contribution in [0.4, 0.5) is 0 Å². The molecule has 0 saturated heterocycles. The Bertz CT molecular complexity index is 744. The summed E-state index contributed by atoms with van der Waals surface area (Å²) >= 11 is 0. The number of guanidine groups is 1. The van der Waals surface area contributed by atoms with Crippen LogP contribution in [0.15, 0.2) is 27.7 Å². The number of aromatic nitrogens is 2. The van der Waals surface area contributed by atoms with Crippen LogP contribution >= 0.6 is 0 Å². The number of aliphatic imine (C=N–C) groups is 1. The fourth-order valence-electron chi connectivity index (χ4n) is 2.56. The molecule has 0 radical (unpaired) electrons. The molecule has 0 unspecified atom stereocenters. The van der Waals surface area contributed by atoms with Crippen molar-refractivity contribution in [1.29, 1.82) is 0 Å². The molecule has 1 aliphatic rings. The van der Waals surface area contributed by atoms with E-state index < -0.39 is 0 Å². The molecule has 0 bridgehead atoms. The summed E-state index contributed by atoms with van der Waals surface area (Å²) in [5.74, 6) is 3.48. The van der Waals surface area contributed by atoms with Gasteiger partial charge in [-0.2, -0.15) is 4.98 Å². The first-order valence-electron chi connectivity index (χ1n) is 8.33. The van der Waals surface area contributed by atoms with Crippen molar-refractivity contribution in [3.05, 3.63) is 35.5 Å². The summed E-state index contributed by atoms with van der Waals surface area (Å²) in [4.78, 5) is 10.8. The molecular formula is C17H23N5O3. The van der Waals surface area contributed by atoms with E-state index in [2.05, 4.69) is 20.4 Å². The summed E-state index contributed by atoms with van der Waals surface area (Å²) in [6.07, 6.45) is 0. The number of ether oxygens (including phenoxy) is 2. The lowest BCUT2D eigenvalue weighted by atomic mass is 10.2. The van der Waals surface area contributed by atoms with E-state index in [1.807, 2.05) is 37.1 Å². The molecule has 1 aromatic heterocycles. The molecule has 1 aromatic carbocycles. The molecule has 134 valence electrons. The minimum absolute atomic E-state index is 0.366. The largest absolute Gasteiger partial charge is 0.486 e. The first-order chi connectivity index (χ1) is 12.2. The minimum atomic E-state index is 0.366. The molecule has 2 heterocycles. The van der Waals surface area contributed by atoms with E-state index in [0.717, 1.165) is 29.6 Å². The van der Waals surface area contributed by atoms with Gasteiger partial charge in [-0.15, -0.1) is 0 Å². The van der Waals surface area contributed by atoms with Crippen molar-refractivity contribution >= 4 is 5.96 Å². The number of hydrogen-bond donors (Lipinski definition) is 1. The Kier molecular flexibility index (Phi) is 5.37. The van der Waals surface area contributed by atoms with Gasteiger partial charge >= 0.3 is 0 Å². The zero-order valence-electron chi connectivity index (χ0n) is 14.8. The molecule has 0 atom stereocenters. The Morgan fingerprint density at radius 3 is 2.80 bits per heavy atom. The van der Waals surface area contributed by atoms with Crippen molar-refractivity contribution in [2.75, 3.05) is 26.8 Å². The van der Waals surface area contributed by atoms with Gasteiger partial charge in [-0.25, -0.2) is 4.99 Å². The lowest BCUT2D eigenvalue weighted by molar-refractivity contribution is 0.171. The van der Waals surface area contributed by atoms with Gasteiger partial charge in [-0.1, -0.05) is 11.2 Å². The molecule has 1 N–H and O–H groups in total. The van der Waals surface area contributed by atoms with E-state index >= 15 is 0 Å². The van der Waals surface area contributed by atoms with Gasteiger partial charge in [-0.05, 0) is 24.6 Å². The monoisotopic (exact) mass is 345 g/mol. The van der Waals surface area contributed by atoms with Crippen LogP contribution in [0.3, 0.4) is 0 Å². The van der Waals surface area contributed by atoms with Gasteiger partial charge in [0.25, 0.3) is 0 Å². The highest BCUT2D eigenvalue weighted by Gasteiger charge is 2.14. The van der Waals surface area contributed by atoms with E-state index in [0.29, 0.717) is 38.0 Å². The predicted molar refractivity (Wildman–Crippen MR) is 92.7 cm³/mol. The second kappa shape index (κ2) is 7.87. The summed E-state index contributed by atoms with van der Waals surface area (Å²) in [6.45, 7) is 6.80. The highest BCUT2D eigenvalue weighted by atomic mass is 16.6. The lowest BCUT2D eigenvalue weighted by Crippen LogP contribution is -2.38. The molecule has 0 aliphatic carbocycles. The molecule has 25 heavy (non-hydrogen) atoms. The maximum Gasteiger partial charge on any atom is 0.223 e. The van der Waals surface area contributed by atoms with Gasteiger partial charge < -0.3 is 24.2 Å². The Balaban J connectivity index is 1.68. The summed E-state index contributed by atoms with van der Waals surface area (Å²) in [5, 5.41) is 7.15. The molecule has 8 heteroatoms. The molecule has 1 aliphatic heterocycles. The Morgan fingerprint density at radius 2 is 2.08 bits per heavy atom. The molecule has 0 fully saturated rings. The normalized spacial score (nSPS) is 13.6. The van der Waals surface area contributed by atoms with Crippen LogP contribution in [0, 0.1) is 6.92 Å². The third-order valence-corrected chi connectivity index (χ3v) is 3.66. The first kappa shape index (κ1) is 17.1. The predicted octanol–water partition coefficient (Wildman–Crippen LogP) is 1.75. The molecule has 0 amide bonds. The molecule has 2 aromatic rings. The van der Waals surface area contributed by atoms with Crippen LogP contribution in [0.5, 0.6) is 11.5 Å². The average Bonchev–Trinajstić information content (AvgIpc) is 3.03. The summed E-state index contributed by atoms with van der Waals surface area (Å²) in [5.41, 5.74) is 1.12. The van der Waals surface area contributed by atoms with E-state index in [9.17, 15) is 0 Å². The Labute approximate surface area is 146 Å². The zero-order chi connectivity index (χ0) is 17.6. The maximum absolute atomic E-state index is 5.64. The van der Waals surface area contributed by atoms with Crippen LogP contribution in [0.2, 0.25) is 0 Å². The Morgan fingerprint density at radius 1 is 1.28 bits per heavy atom. The van der Waals surface area contributed by atoms with E-state index in [-0.39, 0.29) is 0 Å². The fourth-order valence-corrected chi connectivity index (χ4v) is 2.56. The number of nitrogens with zero attached hydrogens (tertiary/aromatic N) is 4. The van der Waals surface area contributed by atoms with E-state index in [1.165, 1.54) is 0 Å². The molecule has 3 rings (SSSR count). The number of benzene rings is 1. The topological polar surface area (TPSA) is 85.0 Å². The molecule has 0 spiro atoms. The summed E-state index contributed by atoms with van der Waals surface area (Å²) in [6, 6.07) is 6.00. The van der Waals surface area contributed by atoms with Gasteiger partial charge in [0.1, 0.15) is 19.8 Å². The Hall–Kier alpha value is -2.77. The number of rotatable bonds is 5. The number of aryl methyl sites for hydroxylation is 1. The molecule has 8 nitrogen and oxygen atoms in total. The van der Waals surface area contributed by atoms with Crippen LogP contribution in [0.25, 0.3) is 0 Å². The fraction of sp³-hybridized carbons (Fsp3) is 0.471. The quantitative estimate of drug-likeness (QED) is 0.653. The minimum Gasteiger partial charge on any atom is -0.486 e. The van der Waals surface area contributed by atoms with Crippen LogP contribution < -0.4 is 14.8 Å². The van der Waals surface area contributed by atoms with Gasteiger partial charge in [0.15, 0.2) is 23.3 Å². The lowest BCUT2D eigenvalue weighted by Gasteiger charge is -2.23. The highest BCUT2D eigenvalue weighted by Crippen LogP contribution is 2.31. The van der Waals surface area contributed by atoms with Crippen molar-refractivity contribution in [3.63, 3.8) is 0 Å². The SMILES string of the molecule is CCNC(=NCc1noc(C)n1)N(C)Cc1ccc2c(c1)OCCO2. The molecule has 0 saturated carbocycles. The van der Waals surface area contributed by atoms with Gasteiger partial charge in [-0.3, -0.25) is 0 Å². The third kappa shape index (κ3) is 4.40. The summed E-state index contributed by atoms with van der Waals surface area (Å²) in [7, 11) is 1.99. The second-order valence-corrected chi connectivity index (χ2v) is 5.73. The van der Waals surface area contributed by atoms with Crippen LogP contribution in [-0.2, 0) is 13.1 Å². The first-order valence-corrected chi connectivity index (χ1v) is 8.33. The standard InChI is InChI=1S/C17H23N5O3/c1-4-18-17(19-10-16-20-12(2)25-21-16)22(3)11-13-5-6-14-15(9-13)24-8-7-23-14/h5-6,9H,4,7-8,10-11H2,1-3H3,(H,18,19). The number of fused-ring (bicyclic) bond motifs is 1. The zero-order valence-corrected chi connectivity index (χ0v) is 14.8. The van der Waals surface area contributed by atoms with Crippen LogP contribution in [0.1, 0.15) is 24.2 Å². The van der Waals surface area contributed by atoms with E-state index in [4.69, 9.17) is 14.0 Å². The smallest absolute Gasteiger partial charge is 0.223 e. The van der Waals surface area contributed by atoms with Gasteiger partial charge in [0.2, 0.25) is 5.89 Å². The van der Waals surface area contributed by atoms with Crippen LogP contribution in [-0.4, -0.2) is 47.8 Å².